The lowest BCUT2D eigenvalue weighted by Gasteiger charge is -2.19. The number of benzene rings is 2. The van der Waals surface area contributed by atoms with E-state index in [-0.39, 0.29) is 23.5 Å². The number of aliphatic hydroxyl groups is 1. The number of aliphatic hydroxyl groups excluding tert-OH is 1. The third kappa shape index (κ3) is 5.05. The summed E-state index contributed by atoms with van der Waals surface area (Å²) in [5.41, 5.74) is 1.61. The van der Waals surface area contributed by atoms with Crippen molar-refractivity contribution in [2.45, 2.75) is 38.8 Å². The molecule has 5 aromatic rings. The van der Waals surface area contributed by atoms with Gasteiger partial charge in [0.2, 0.25) is 0 Å². The third-order valence-corrected chi connectivity index (χ3v) is 6.91. The van der Waals surface area contributed by atoms with Crippen molar-refractivity contribution in [2.75, 3.05) is 17.2 Å². The molecule has 0 bridgehead atoms. The molecule has 0 spiro atoms. The largest absolute Gasteiger partial charge is 0.453 e. The number of ether oxygens (including phenoxy) is 1. The minimum Gasteiger partial charge on any atom is -0.453 e. The Hall–Kier alpha value is -4.97. The molecule has 11 nitrogen and oxygen atoms in total. The number of nitrogens with zero attached hydrogens (tertiary/aromatic N) is 4. The molecule has 210 valence electrons. The van der Waals surface area contributed by atoms with Crippen LogP contribution in [0.25, 0.3) is 16.7 Å². The number of rotatable bonds is 8. The van der Waals surface area contributed by atoms with Crippen molar-refractivity contribution >= 4 is 28.4 Å². The summed E-state index contributed by atoms with van der Waals surface area (Å²) in [4.78, 5) is 31.1. The molecule has 4 heterocycles. The molecule has 0 saturated heterocycles. The fraction of sp³-hybridized carbons (Fsp3) is 0.241. The number of carbonyl (C=O) groups excluding carboxylic acids is 1. The number of para-hydroxylation sites is 1. The van der Waals surface area contributed by atoms with Crippen LogP contribution < -0.4 is 20.9 Å². The normalized spacial score (nSPS) is 13.5. The molecule has 4 N–H and O–H groups in total. The summed E-state index contributed by atoms with van der Waals surface area (Å²) in [6.45, 7) is 2.51. The summed E-state index contributed by atoms with van der Waals surface area (Å²) >= 11 is 0. The number of hydrogen-bond acceptors (Lipinski definition) is 7. The first kappa shape index (κ1) is 26.3. The Balaban J connectivity index is 1.26. The predicted molar refractivity (Wildman–Crippen MR) is 151 cm³/mol. The van der Waals surface area contributed by atoms with Crippen LogP contribution in [-0.2, 0) is 13.0 Å². The first-order valence-electron chi connectivity index (χ1n) is 13.3. The van der Waals surface area contributed by atoms with Gasteiger partial charge in [-0.25, -0.2) is 14.1 Å². The molecular weight excluding hydrogens is 529 g/mol. The standard InChI is InChI=1S/C29H28FN7O4/c1-17(38)16-32-27-25-23(12-13-31-26(25)34-35-27)41-22-11-10-18(15-20(22)30)33-28(39)24-21-9-5-6-14-36(21)37(29(24)40)19-7-3-2-4-8-19/h2-4,7-8,10-13,15,17,38H,5-6,9,14,16H2,1H3,(H,33,39)(H2,31,32,34,35)/t17-/m0/s1. The van der Waals surface area contributed by atoms with E-state index in [9.17, 15) is 14.7 Å². The van der Waals surface area contributed by atoms with E-state index in [1.165, 1.54) is 23.0 Å². The van der Waals surface area contributed by atoms with Gasteiger partial charge >= 0.3 is 0 Å². The zero-order valence-corrected chi connectivity index (χ0v) is 22.2. The van der Waals surface area contributed by atoms with Crippen molar-refractivity contribution in [3.05, 3.63) is 88.2 Å². The van der Waals surface area contributed by atoms with Crippen LogP contribution in [0.3, 0.4) is 0 Å². The average Bonchev–Trinajstić information content (AvgIpc) is 3.52. The molecule has 0 saturated carbocycles. The smallest absolute Gasteiger partial charge is 0.284 e. The number of fused-ring (bicyclic) bond motifs is 2. The van der Waals surface area contributed by atoms with E-state index in [1.54, 1.807) is 13.0 Å². The number of carbonyl (C=O) groups is 1. The number of nitrogens with one attached hydrogen (secondary N) is 3. The zero-order valence-electron chi connectivity index (χ0n) is 22.2. The van der Waals surface area contributed by atoms with Crippen molar-refractivity contribution in [3.8, 4) is 17.2 Å². The number of H-pyrrole nitrogens is 1. The minimum absolute atomic E-state index is 0.0608. The monoisotopic (exact) mass is 557 g/mol. The molecule has 1 atom stereocenters. The maximum absolute atomic E-state index is 15.2. The van der Waals surface area contributed by atoms with Gasteiger partial charge in [0.1, 0.15) is 16.7 Å². The Labute approximate surface area is 233 Å². The van der Waals surface area contributed by atoms with Crippen molar-refractivity contribution in [3.63, 3.8) is 0 Å². The zero-order chi connectivity index (χ0) is 28.5. The predicted octanol–water partition coefficient (Wildman–Crippen LogP) is 4.22. The van der Waals surface area contributed by atoms with Crippen molar-refractivity contribution in [1.82, 2.24) is 24.5 Å². The summed E-state index contributed by atoms with van der Waals surface area (Å²) in [7, 11) is 0. The van der Waals surface area contributed by atoms with Gasteiger partial charge in [-0.1, -0.05) is 18.2 Å². The number of halogens is 1. The second-order valence-corrected chi connectivity index (χ2v) is 9.89. The molecule has 41 heavy (non-hydrogen) atoms. The van der Waals surface area contributed by atoms with Gasteiger partial charge in [-0.15, -0.1) is 0 Å². The summed E-state index contributed by atoms with van der Waals surface area (Å²) in [5, 5.41) is 22.7. The van der Waals surface area contributed by atoms with Crippen LogP contribution in [-0.4, -0.2) is 48.2 Å². The fourth-order valence-corrected chi connectivity index (χ4v) is 5.04. The SMILES string of the molecule is C[C@H](O)CNc1n[nH]c2nccc(Oc3ccc(NC(=O)c4c5n(n(-c6ccccc6)c4=O)CCCC5)cc3F)c12. The van der Waals surface area contributed by atoms with Gasteiger partial charge in [0, 0.05) is 37.1 Å². The molecule has 3 aromatic heterocycles. The number of pyridine rings is 1. The summed E-state index contributed by atoms with van der Waals surface area (Å²) in [5.74, 6) is -0.674. The number of anilines is 2. The van der Waals surface area contributed by atoms with Crippen LogP contribution in [0.5, 0.6) is 11.5 Å². The van der Waals surface area contributed by atoms with Crippen molar-refractivity contribution in [2.24, 2.45) is 0 Å². The van der Waals surface area contributed by atoms with E-state index < -0.39 is 23.4 Å². The highest BCUT2D eigenvalue weighted by Gasteiger charge is 2.28. The van der Waals surface area contributed by atoms with Crippen LogP contribution in [0.15, 0.2) is 65.6 Å². The second-order valence-electron chi connectivity index (χ2n) is 9.89. The summed E-state index contributed by atoms with van der Waals surface area (Å²) < 4.78 is 24.5. The van der Waals surface area contributed by atoms with Crippen LogP contribution in [0.1, 0.15) is 35.8 Å². The Bertz CT molecular complexity index is 1790. The van der Waals surface area contributed by atoms with E-state index >= 15 is 4.39 Å². The molecule has 0 radical (unpaired) electrons. The topological polar surface area (TPSA) is 139 Å². The number of aromatic nitrogens is 5. The molecule has 6 rings (SSSR count). The van der Waals surface area contributed by atoms with Gasteiger partial charge in [0.25, 0.3) is 11.5 Å². The minimum atomic E-state index is -0.713. The van der Waals surface area contributed by atoms with Gasteiger partial charge in [-0.3, -0.25) is 19.4 Å². The number of hydrogen-bond donors (Lipinski definition) is 4. The summed E-state index contributed by atoms with van der Waals surface area (Å²) in [6.07, 6.45) is 3.27. The van der Waals surface area contributed by atoms with Crippen molar-refractivity contribution < 1.29 is 19.0 Å². The number of aromatic amines is 1. The molecule has 0 unspecified atom stereocenters. The molecule has 1 amide bonds. The first-order valence-corrected chi connectivity index (χ1v) is 13.3. The van der Waals surface area contributed by atoms with Gasteiger partial charge in [0.05, 0.1) is 17.5 Å². The molecular formula is C29H28FN7O4. The molecule has 12 heteroatoms. The van der Waals surface area contributed by atoms with E-state index in [4.69, 9.17) is 4.74 Å². The van der Waals surface area contributed by atoms with Crippen LogP contribution in [0.4, 0.5) is 15.9 Å². The average molecular weight is 558 g/mol. The van der Waals surface area contributed by atoms with Gasteiger partial charge in [-0.05, 0) is 50.5 Å². The molecule has 2 aromatic carbocycles. The van der Waals surface area contributed by atoms with Crippen LogP contribution >= 0.6 is 0 Å². The fourth-order valence-electron chi connectivity index (χ4n) is 5.04. The highest BCUT2D eigenvalue weighted by atomic mass is 19.1. The highest BCUT2D eigenvalue weighted by molar-refractivity contribution is 6.05. The Kier molecular flexibility index (Phi) is 6.98. The van der Waals surface area contributed by atoms with Crippen LogP contribution in [0.2, 0.25) is 0 Å². The van der Waals surface area contributed by atoms with E-state index in [0.717, 1.165) is 18.9 Å². The molecule has 0 aliphatic carbocycles. The second kappa shape index (κ2) is 10.9. The quantitative estimate of drug-likeness (QED) is 0.224. The van der Waals surface area contributed by atoms with Gasteiger partial charge < -0.3 is 20.5 Å². The van der Waals surface area contributed by atoms with Crippen molar-refractivity contribution in [1.29, 1.82) is 0 Å². The third-order valence-electron chi connectivity index (χ3n) is 6.91. The van der Waals surface area contributed by atoms with Gasteiger partial charge in [-0.2, -0.15) is 5.10 Å². The van der Waals surface area contributed by atoms with E-state index in [0.29, 0.717) is 46.9 Å². The molecule has 1 aliphatic heterocycles. The number of amides is 1. The summed E-state index contributed by atoms with van der Waals surface area (Å²) in [6, 6.07) is 14.8. The van der Waals surface area contributed by atoms with Gasteiger partial charge in [0.15, 0.2) is 23.0 Å². The lowest BCUT2D eigenvalue weighted by atomic mass is 10.1. The highest BCUT2D eigenvalue weighted by Crippen LogP contribution is 2.34. The van der Waals surface area contributed by atoms with Crippen LogP contribution in [0, 0.1) is 5.82 Å². The Morgan fingerprint density at radius 3 is 2.78 bits per heavy atom. The lowest BCUT2D eigenvalue weighted by molar-refractivity contribution is 0.102. The molecule has 1 aliphatic rings. The maximum Gasteiger partial charge on any atom is 0.284 e. The Morgan fingerprint density at radius 2 is 2.00 bits per heavy atom. The molecule has 0 fully saturated rings. The maximum atomic E-state index is 15.2. The van der Waals surface area contributed by atoms with E-state index in [1.807, 2.05) is 35.0 Å². The Morgan fingerprint density at radius 1 is 1.17 bits per heavy atom. The lowest BCUT2D eigenvalue weighted by Crippen LogP contribution is -2.25. The van der Waals surface area contributed by atoms with E-state index in [2.05, 4.69) is 25.8 Å². The first-order chi connectivity index (χ1) is 19.9.